The van der Waals surface area contributed by atoms with Crippen LogP contribution in [0.3, 0.4) is 0 Å². The van der Waals surface area contributed by atoms with Crippen LogP contribution in [0.15, 0.2) is 11.5 Å². The molecule has 0 unspecified atom stereocenters. The van der Waals surface area contributed by atoms with Crippen molar-refractivity contribution in [3.8, 4) is 0 Å². The average Bonchev–Trinajstić information content (AvgIpc) is 2.18. The van der Waals surface area contributed by atoms with Crippen LogP contribution in [0.25, 0.3) is 0 Å². The fourth-order valence-electron chi connectivity index (χ4n) is 1.19. The Labute approximate surface area is 82.1 Å². The van der Waals surface area contributed by atoms with E-state index in [1.165, 1.54) is 0 Å². The lowest BCUT2D eigenvalue weighted by Gasteiger charge is -2.24. The largest absolute Gasteiger partial charge is 0.502 e. The van der Waals surface area contributed by atoms with Crippen LogP contribution in [-0.2, 0) is 4.79 Å². The number of nitrogens with one attached hydrogen (secondary N) is 2. The first-order chi connectivity index (χ1) is 6.66. The van der Waals surface area contributed by atoms with E-state index in [1.54, 1.807) is 0 Å². The van der Waals surface area contributed by atoms with Crippen molar-refractivity contribution >= 4 is 5.91 Å². The number of aliphatic hydroxyl groups is 1. The Bertz CT molecular complexity index is 252. The Morgan fingerprint density at radius 1 is 1.43 bits per heavy atom. The van der Waals surface area contributed by atoms with Crippen LogP contribution in [-0.4, -0.2) is 21.4 Å². The second-order valence-electron chi connectivity index (χ2n) is 3.14. The van der Waals surface area contributed by atoms with Gasteiger partial charge in [0.25, 0.3) is 0 Å². The summed E-state index contributed by atoms with van der Waals surface area (Å²) in [5.74, 6) is -1.27. The molecule has 0 spiro atoms. The molecule has 1 amide bonds. The minimum Gasteiger partial charge on any atom is -0.502 e. The van der Waals surface area contributed by atoms with Crippen LogP contribution < -0.4 is 11.0 Å². The Balaban J connectivity index is 2.54. The molecule has 0 aromatic heterocycles. The van der Waals surface area contributed by atoms with Crippen molar-refractivity contribution in [2.45, 2.75) is 32.6 Å². The normalized spacial score (nSPS) is 17.3. The molecule has 1 aliphatic heterocycles. The van der Waals surface area contributed by atoms with Gasteiger partial charge in [0.2, 0.25) is 5.76 Å². The Morgan fingerprint density at radius 2 is 2.14 bits per heavy atom. The van der Waals surface area contributed by atoms with Gasteiger partial charge in [0.1, 0.15) is 0 Å². The molecule has 0 aliphatic carbocycles. The maximum absolute atomic E-state index is 11.0. The smallest absolute Gasteiger partial charge is 0.330 e. The van der Waals surface area contributed by atoms with E-state index >= 15 is 0 Å². The molecular formula is C8H15N3O3. The number of hydrogen-bond donors (Lipinski definition) is 4. The Morgan fingerprint density at radius 3 is 2.79 bits per heavy atom. The quantitative estimate of drug-likeness (QED) is 0.395. The van der Waals surface area contributed by atoms with Crippen molar-refractivity contribution in [2.75, 3.05) is 0 Å². The number of rotatable bonds is 4. The second-order valence-corrected chi connectivity index (χ2v) is 3.14. The van der Waals surface area contributed by atoms with Crippen molar-refractivity contribution in [1.29, 1.82) is 0 Å². The maximum Gasteiger partial charge on any atom is 0.330 e. The van der Waals surface area contributed by atoms with Gasteiger partial charge in [0.15, 0.2) is 0 Å². The zero-order valence-electron chi connectivity index (χ0n) is 8.08. The lowest BCUT2D eigenvalue weighted by molar-refractivity contribution is -0.185. The van der Waals surface area contributed by atoms with Crippen LogP contribution in [0, 0.1) is 0 Å². The number of hydrazine groups is 2. The number of allylic oxidation sites excluding steroid dienone is 1. The Hall–Kier alpha value is -1.27. The summed E-state index contributed by atoms with van der Waals surface area (Å²) >= 11 is 0. The maximum atomic E-state index is 11.0. The van der Waals surface area contributed by atoms with Crippen molar-refractivity contribution in [3.63, 3.8) is 0 Å². The highest BCUT2D eigenvalue weighted by molar-refractivity contribution is 5.91. The van der Waals surface area contributed by atoms with E-state index < -0.39 is 11.7 Å². The molecule has 80 valence electrons. The van der Waals surface area contributed by atoms with Crippen LogP contribution in [0.5, 0.6) is 0 Å². The second kappa shape index (κ2) is 4.83. The van der Waals surface area contributed by atoms with Crippen LogP contribution >= 0.6 is 0 Å². The Kier molecular flexibility index (Phi) is 3.73. The monoisotopic (exact) mass is 201 g/mol. The van der Waals surface area contributed by atoms with E-state index in [1.807, 2.05) is 0 Å². The van der Waals surface area contributed by atoms with E-state index in [2.05, 4.69) is 17.9 Å². The third kappa shape index (κ3) is 2.36. The van der Waals surface area contributed by atoms with Crippen molar-refractivity contribution in [2.24, 2.45) is 0 Å². The number of amides is 1. The van der Waals surface area contributed by atoms with Crippen LogP contribution in [0.1, 0.15) is 32.6 Å². The van der Waals surface area contributed by atoms with Gasteiger partial charge in [-0.05, 0) is 12.8 Å². The number of hydrogen-bond acceptors (Lipinski definition) is 5. The van der Waals surface area contributed by atoms with Gasteiger partial charge in [-0.2, -0.15) is 0 Å². The van der Waals surface area contributed by atoms with Gasteiger partial charge in [-0.1, -0.05) is 19.8 Å². The van der Waals surface area contributed by atoms with Crippen molar-refractivity contribution < 1.29 is 15.1 Å². The molecule has 0 aromatic carbocycles. The first-order valence-corrected chi connectivity index (χ1v) is 4.64. The molecule has 1 rings (SSSR count). The zero-order chi connectivity index (χ0) is 10.6. The SMILES string of the molecule is CCCCCC1=C(O)C(=O)N(O)NN1. The fraction of sp³-hybridized carbons (Fsp3) is 0.625. The van der Waals surface area contributed by atoms with Crippen molar-refractivity contribution in [1.82, 2.24) is 16.1 Å². The van der Waals surface area contributed by atoms with Crippen LogP contribution in [0.2, 0.25) is 0 Å². The number of unbranched alkanes of at least 4 members (excludes halogenated alkanes) is 2. The fourth-order valence-corrected chi connectivity index (χ4v) is 1.19. The molecule has 1 aliphatic rings. The van der Waals surface area contributed by atoms with E-state index in [4.69, 9.17) is 5.21 Å². The summed E-state index contributed by atoms with van der Waals surface area (Å²) in [5, 5.41) is 18.4. The summed E-state index contributed by atoms with van der Waals surface area (Å²) in [5.41, 5.74) is 5.18. The predicted molar refractivity (Wildman–Crippen MR) is 48.7 cm³/mol. The molecule has 6 heteroatoms. The molecule has 0 fully saturated rings. The molecule has 0 bridgehead atoms. The first-order valence-electron chi connectivity index (χ1n) is 4.64. The standard InChI is InChI=1S/C8H15N3O3/c1-2-3-4-5-6-7(12)8(13)11(14)10-9-6/h9-10,12,14H,2-5H2,1H3. The van der Waals surface area contributed by atoms with Gasteiger partial charge >= 0.3 is 5.91 Å². The minimum atomic E-state index is -0.838. The van der Waals surface area contributed by atoms with Gasteiger partial charge in [-0.25, -0.2) is 0 Å². The van der Waals surface area contributed by atoms with Crippen molar-refractivity contribution in [3.05, 3.63) is 11.5 Å². The summed E-state index contributed by atoms with van der Waals surface area (Å²) in [6, 6.07) is 0. The lowest BCUT2D eigenvalue weighted by Crippen LogP contribution is -2.53. The first kappa shape index (κ1) is 10.8. The number of carbonyl (C=O) groups excluding carboxylic acids is 1. The van der Waals surface area contributed by atoms with Gasteiger partial charge in [0.05, 0.1) is 5.70 Å². The van der Waals surface area contributed by atoms with Crippen LogP contribution in [0.4, 0.5) is 0 Å². The third-order valence-electron chi connectivity index (χ3n) is 2.02. The van der Waals surface area contributed by atoms with Gasteiger partial charge in [-0.3, -0.25) is 10.0 Å². The lowest BCUT2D eigenvalue weighted by atomic mass is 10.1. The number of carbonyl (C=O) groups is 1. The summed E-state index contributed by atoms with van der Waals surface area (Å²) in [6.45, 7) is 2.07. The topological polar surface area (TPSA) is 84.8 Å². The molecule has 0 saturated carbocycles. The molecule has 0 aromatic rings. The van der Waals surface area contributed by atoms with Gasteiger partial charge in [-0.15, -0.1) is 10.7 Å². The number of aliphatic hydroxyl groups excluding tert-OH is 1. The molecule has 1 heterocycles. The summed E-state index contributed by atoms with van der Waals surface area (Å²) < 4.78 is 0. The van der Waals surface area contributed by atoms with Gasteiger partial charge in [0, 0.05) is 0 Å². The summed E-state index contributed by atoms with van der Waals surface area (Å²) in [7, 11) is 0. The zero-order valence-corrected chi connectivity index (χ0v) is 8.08. The number of nitrogens with zero attached hydrogens (tertiary/aromatic N) is 1. The molecule has 6 nitrogen and oxygen atoms in total. The molecule has 4 N–H and O–H groups in total. The summed E-state index contributed by atoms with van der Waals surface area (Å²) in [4.78, 5) is 11.0. The highest BCUT2D eigenvalue weighted by Crippen LogP contribution is 2.12. The highest BCUT2D eigenvalue weighted by Gasteiger charge is 2.24. The average molecular weight is 201 g/mol. The molecule has 0 saturated heterocycles. The van der Waals surface area contributed by atoms with Gasteiger partial charge < -0.3 is 10.5 Å². The minimum absolute atomic E-state index is 0.207. The molecule has 0 atom stereocenters. The number of hydroxylamine groups is 1. The molecule has 0 radical (unpaired) electrons. The third-order valence-corrected chi connectivity index (χ3v) is 2.02. The highest BCUT2D eigenvalue weighted by atomic mass is 16.6. The molecule has 14 heavy (non-hydrogen) atoms. The van der Waals surface area contributed by atoms with E-state index in [-0.39, 0.29) is 5.17 Å². The van der Waals surface area contributed by atoms with E-state index in [0.29, 0.717) is 12.1 Å². The van der Waals surface area contributed by atoms with E-state index in [9.17, 15) is 9.90 Å². The predicted octanol–water partition coefficient (Wildman–Crippen LogP) is 0.577. The summed E-state index contributed by atoms with van der Waals surface area (Å²) in [6.07, 6.45) is 3.59. The molecular weight excluding hydrogens is 186 g/mol. The van der Waals surface area contributed by atoms with E-state index in [0.717, 1.165) is 19.3 Å².